The van der Waals surface area contributed by atoms with E-state index in [9.17, 15) is 4.79 Å². The molecule has 3 rings (SSSR count). The van der Waals surface area contributed by atoms with E-state index in [1.54, 1.807) is 25.3 Å². The molecule has 6 nitrogen and oxygen atoms in total. The van der Waals surface area contributed by atoms with Crippen LogP contribution in [0.25, 0.3) is 10.2 Å². The highest BCUT2D eigenvalue weighted by Crippen LogP contribution is 2.27. The third kappa shape index (κ3) is 4.04. The van der Waals surface area contributed by atoms with Crippen molar-refractivity contribution in [2.45, 2.75) is 0 Å². The third-order valence-corrected chi connectivity index (χ3v) is 4.52. The number of esters is 1. The number of methoxy groups -OCH3 is 2. The average Bonchev–Trinajstić information content (AvgIpc) is 3.02. The van der Waals surface area contributed by atoms with Gasteiger partial charge in [-0.05, 0) is 54.7 Å². The molecule has 0 atom stereocenters. The molecule has 0 aliphatic rings. The molecule has 0 bridgehead atoms. The highest BCUT2D eigenvalue weighted by molar-refractivity contribution is 7.80. The molecule has 2 aromatic carbocycles. The fourth-order valence-corrected chi connectivity index (χ4v) is 3.35. The summed E-state index contributed by atoms with van der Waals surface area (Å²) in [5, 5.41) is 7.20. The van der Waals surface area contributed by atoms with Gasteiger partial charge in [-0.1, -0.05) is 11.3 Å². The van der Waals surface area contributed by atoms with Crippen LogP contribution in [0, 0.1) is 0 Å². The van der Waals surface area contributed by atoms with Crippen LogP contribution in [0.2, 0.25) is 0 Å². The first-order chi connectivity index (χ1) is 12.1. The minimum absolute atomic E-state index is 0.374. The molecule has 0 saturated heterocycles. The molecule has 0 aliphatic heterocycles. The van der Waals surface area contributed by atoms with Gasteiger partial charge < -0.3 is 20.1 Å². The van der Waals surface area contributed by atoms with Crippen molar-refractivity contribution in [2.75, 3.05) is 24.9 Å². The van der Waals surface area contributed by atoms with Gasteiger partial charge in [-0.2, -0.15) is 0 Å². The summed E-state index contributed by atoms with van der Waals surface area (Å²) in [5.74, 6) is 0.401. The fourth-order valence-electron chi connectivity index (χ4n) is 2.16. The number of hydrogen-bond donors (Lipinski definition) is 2. The molecule has 0 spiro atoms. The van der Waals surface area contributed by atoms with Crippen LogP contribution >= 0.6 is 23.6 Å². The summed E-state index contributed by atoms with van der Waals surface area (Å²) in [6.45, 7) is 0. The normalized spacial score (nSPS) is 10.3. The van der Waals surface area contributed by atoms with Crippen molar-refractivity contribution < 1.29 is 14.3 Å². The molecule has 2 N–H and O–H groups in total. The number of thiazole rings is 1. The van der Waals surface area contributed by atoms with Crippen LogP contribution in [-0.4, -0.2) is 30.3 Å². The monoisotopic (exact) mass is 373 g/mol. The summed E-state index contributed by atoms with van der Waals surface area (Å²) in [7, 11) is 2.98. The summed E-state index contributed by atoms with van der Waals surface area (Å²) in [6, 6.07) is 12.6. The number of carbonyl (C=O) groups excluding carboxylic acids is 1. The van der Waals surface area contributed by atoms with Crippen molar-refractivity contribution in [3.8, 4) is 5.75 Å². The molecule has 0 amide bonds. The lowest BCUT2D eigenvalue weighted by Crippen LogP contribution is -2.18. The van der Waals surface area contributed by atoms with Crippen molar-refractivity contribution in [1.29, 1.82) is 0 Å². The van der Waals surface area contributed by atoms with Crippen LogP contribution in [0.15, 0.2) is 42.5 Å². The van der Waals surface area contributed by atoms with Gasteiger partial charge in [0, 0.05) is 5.69 Å². The smallest absolute Gasteiger partial charge is 0.337 e. The second-order valence-electron chi connectivity index (χ2n) is 5.00. The topological polar surface area (TPSA) is 72.5 Å². The minimum Gasteiger partial charge on any atom is -0.497 e. The summed E-state index contributed by atoms with van der Waals surface area (Å²) in [6.07, 6.45) is 0. The van der Waals surface area contributed by atoms with Gasteiger partial charge in [0.05, 0.1) is 30.0 Å². The molecule has 0 fully saturated rings. The van der Waals surface area contributed by atoms with Gasteiger partial charge in [-0.3, -0.25) is 0 Å². The maximum Gasteiger partial charge on any atom is 0.337 e. The fraction of sp³-hybridized carbons (Fsp3) is 0.118. The summed E-state index contributed by atoms with van der Waals surface area (Å²) >= 11 is 6.72. The number of aromatic nitrogens is 1. The molecular formula is C17H15N3O3S2. The second kappa shape index (κ2) is 7.45. The van der Waals surface area contributed by atoms with Gasteiger partial charge in [-0.25, -0.2) is 9.78 Å². The highest BCUT2D eigenvalue weighted by atomic mass is 32.1. The van der Waals surface area contributed by atoms with E-state index < -0.39 is 0 Å². The molecule has 128 valence electrons. The van der Waals surface area contributed by atoms with E-state index in [4.69, 9.17) is 21.7 Å². The van der Waals surface area contributed by atoms with E-state index in [0.29, 0.717) is 15.8 Å². The summed E-state index contributed by atoms with van der Waals surface area (Å²) < 4.78 is 10.7. The number of hydrogen-bond acceptors (Lipinski definition) is 6. The van der Waals surface area contributed by atoms with Crippen molar-refractivity contribution in [2.24, 2.45) is 0 Å². The predicted octanol–water partition coefficient (Wildman–Crippen LogP) is 3.90. The largest absolute Gasteiger partial charge is 0.497 e. The molecule has 1 heterocycles. The maximum atomic E-state index is 11.6. The molecule has 0 radical (unpaired) electrons. The molecule has 0 aliphatic carbocycles. The Morgan fingerprint density at radius 1 is 1.12 bits per heavy atom. The van der Waals surface area contributed by atoms with Gasteiger partial charge >= 0.3 is 5.97 Å². The van der Waals surface area contributed by atoms with E-state index in [1.807, 2.05) is 24.3 Å². The van der Waals surface area contributed by atoms with Gasteiger partial charge in [-0.15, -0.1) is 0 Å². The van der Waals surface area contributed by atoms with Crippen LogP contribution in [0.4, 0.5) is 10.8 Å². The summed E-state index contributed by atoms with van der Waals surface area (Å²) in [4.78, 5) is 16.1. The zero-order valence-electron chi connectivity index (χ0n) is 13.5. The van der Waals surface area contributed by atoms with Crippen molar-refractivity contribution >= 4 is 55.7 Å². The van der Waals surface area contributed by atoms with Crippen LogP contribution in [0.3, 0.4) is 0 Å². The Morgan fingerprint density at radius 2 is 1.88 bits per heavy atom. The lowest BCUT2D eigenvalue weighted by Gasteiger charge is -2.08. The lowest BCUT2D eigenvalue weighted by atomic mass is 10.2. The SMILES string of the molecule is COC(=O)c1ccc2nc(NC(=S)Nc3ccc(OC)cc3)sc2c1. The van der Waals surface area contributed by atoms with Crippen LogP contribution in [0.5, 0.6) is 5.75 Å². The van der Waals surface area contributed by atoms with Crippen molar-refractivity contribution in [1.82, 2.24) is 4.98 Å². The van der Waals surface area contributed by atoms with Gasteiger partial charge in [0.1, 0.15) is 5.75 Å². The standard InChI is InChI=1S/C17H15N3O3S2/c1-22-12-6-4-11(5-7-12)18-16(24)20-17-19-13-8-3-10(15(21)23-2)9-14(13)25-17/h3-9H,1-2H3,(H2,18,19,20,24). The van der Waals surface area contributed by atoms with Gasteiger partial charge in [0.25, 0.3) is 0 Å². The zero-order valence-corrected chi connectivity index (χ0v) is 15.2. The first-order valence-electron chi connectivity index (χ1n) is 7.30. The minimum atomic E-state index is -0.374. The number of nitrogens with zero attached hydrogens (tertiary/aromatic N) is 1. The number of nitrogens with one attached hydrogen (secondary N) is 2. The Morgan fingerprint density at radius 3 is 2.56 bits per heavy atom. The zero-order chi connectivity index (χ0) is 17.8. The van der Waals surface area contributed by atoms with Crippen LogP contribution in [-0.2, 0) is 4.74 Å². The van der Waals surface area contributed by atoms with Crippen molar-refractivity contribution in [3.05, 3.63) is 48.0 Å². The van der Waals surface area contributed by atoms with E-state index in [1.165, 1.54) is 18.4 Å². The van der Waals surface area contributed by atoms with Crippen LogP contribution < -0.4 is 15.4 Å². The highest BCUT2D eigenvalue weighted by Gasteiger charge is 2.10. The number of thiocarbonyl (C=S) groups is 1. The predicted molar refractivity (Wildman–Crippen MR) is 104 cm³/mol. The summed E-state index contributed by atoms with van der Waals surface area (Å²) in [5.41, 5.74) is 2.11. The Bertz CT molecular complexity index is 923. The Labute approximate surface area is 153 Å². The Hall–Kier alpha value is -2.71. The maximum absolute atomic E-state index is 11.6. The number of anilines is 2. The molecule has 1 aromatic heterocycles. The molecule has 25 heavy (non-hydrogen) atoms. The number of benzene rings is 2. The number of ether oxygens (including phenoxy) is 2. The van der Waals surface area contributed by atoms with Gasteiger partial charge in [0.2, 0.25) is 0 Å². The molecular weight excluding hydrogens is 358 g/mol. The van der Waals surface area contributed by atoms with E-state index >= 15 is 0 Å². The second-order valence-corrected chi connectivity index (χ2v) is 6.44. The van der Waals surface area contributed by atoms with E-state index in [2.05, 4.69) is 15.6 Å². The van der Waals surface area contributed by atoms with E-state index in [0.717, 1.165) is 21.7 Å². The number of fused-ring (bicyclic) bond motifs is 1. The number of carbonyl (C=O) groups is 1. The molecule has 8 heteroatoms. The molecule has 0 saturated carbocycles. The van der Waals surface area contributed by atoms with Gasteiger partial charge in [0.15, 0.2) is 10.2 Å². The lowest BCUT2D eigenvalue weighted by molar-refractivity contribution is 0.0601. The first-order valence-corrected chi connectivity index (χ1v) is 8.52. The Kier molecular flexibility index (Phi) is 5.11. The van der Waals surface area contributed by atoms with Crippen molar-refractivity contribution in [3.63, 3.8) is 0 Å². The van der Waals surface area contributed by atoms with E-state index in [-0.39, 0.29) is 5.97 Å². The molecule has 3 aromatic rings. The molecule has 0 unspecified atom stereocenters. The Balaban J connectivity index is 1.71. The first kappa shape index (κ1) is 17.1. The quantitative estimate of drug-likeness (QED) is 0.531. The third-order valence-electron chi connectivity index (χ3n) is 3.38. The number of rotatable bonds is 4. The van der Waals surface area contributed by atoms with Crippen LogP contribution in [0.1, 0.15) is 10.4 Å². The average molecular weight is 373 g/mol.